The van der Waals surface area contributed by atoms with E-state index in [1.165, 1.54) is 0 Å². The molecule has 150 valence electrons. The number of oxime groups is 1. The van der Waals surface area contributed by atoms with Crippen molar-refractivity contribution in [1.82, 2.24) is 0 Å². The average molecular weight is 499 g/mol. The van der Waals surface area contributed by atoms with Gasteiger partial charge in [0.25, 0.3) is 0 Å². The third-order valence-corrected chi connectivity index (χ3v) is 6.74. The van der Waals surface area contributed by atoms with Crippen LogP contribution in [-0.4, -0.2) is 17.1 Å². The summed E-state index contributed by atoms with van der Waals surface area (Å²) in [5, 5.41) is 6.25. The molecule has 0 fully saturated rings. The van der Waals surface area contributed by atoms with Gasteiger partial charge in [-0.1, -0.05) is 69.1 Å². The fraction of sp³-hybridized carbons (Fsp3) is 0.130. The molecule has 0 saturated carbocycles. The van der Waals surface area contributed by atoms with Crippen LogP contribution in [0.1, 0.15) is 17.5 Å². The summed E-state index contributed by atoms with van der Waals surface area (Å²) in [6.45, 7) is 0. The molecule has 1 unspecified atom stereocenters. The number of fused-ring (bicyclic) bond motifs is 3. The van der Waals surface area contributed by atoms with Gasteiger partial charge in [-0.25, -0.2) is 4.99 Å². The molecule has 0 N–H and O–H groups in total. The lowest BCUT2D eigenvalue weighted by Gasteiger charge is -2.37. The van der Waals surface area contributed by atoms with Crippen LogP contribution in [-0.2, 0) is 10.6 Å². The maximum atomic E-state index is 6.30. The fourth-order valence-corrected chi connectivity index (χ4v) is 4.73. The van der Waals surface area contributed by atoms with Crippen LogP contribution in [0.4, 0.5) is 11.4 Å². The first-order valence-corrected chi connectivity index (χ1v) is 11.8. The van der Waals surface area contributed by atoms with Gasteiger partial charge in [0.15, 0.2) is 5.84 Å². The normalized spacial score (nSPS) is 19.9. The molecule has 0 radical (unpaired) electrons. The van der Waals surface area contributed by atoms with Crippen molar-refractivity contribution < 1.29 is 4.84 Å². The monoisotopic (exact) mass is 497 g/mol. The average Bonchev–Trinajstić information content (AvgIpc) is 3.07. The minimum absolute atomic E-state index is 0.563. The van der Waals surface area contributed by atoms with Crippen LogP contribution in [0.15, 0.2) is 87.4 Å². The Bertz CT molecular complexity index is 1160. The molecule has 5 rings (SSSR count). The molecule has 0 aliphatic carbocycles. The number of hydrogen-bond donors (Lipinski definition) is 0. The SMILES string of the molecule is CSC1=Nc2ccccc2N2C(c3ccc(Br)cc3)=NOC2(c2ccc(Cl)cc2)C1. The highest BCUT2D eigenvalue weighted by atomic mass is 79.9. The molecule has 0 saturated heterocycles. The molecule has 0 aromatic heterocycles. The van der Waals surface area contributed by atoms with Crippen molar-refractivity contribution in [2.75, 3.05) is 11.2 Å². The highest BCUT2D eigenvalue weighted by molar-refractivity contribution is 9.10. The van der Waals surface area contributed by atoms with E-state index in [0.717, 1.165) is 37.9 Å². The number of thioether (sulfide) groups is 1. The number of amidine groups is 1. The van der Waals surface area contributed by atoms with E-state index >= 15 is 0 Å². The highest BCUT2D eigenvalue weighted by Crippen LogP contribution is 2.49. The zero-order valence-corrected chi connectivity index (χ0v) is 19.2. The van der Waals surface area contributed by atoms with Crippen LogP contribution in [0.3, 0.4) is 0 Å². The number of aliphatic imine (C=N–C) groups is 1. The van der Waals surface area contributed by atoms with Gasteiger partial charge >= 0.3 is 0 Å². The molecule has 0 bridgehead atoms. The Morgan fingerprint density at radius 2 is 1.77 bits per heavy atom. The Balaban J connectivity index is 1.75. The summed E-state index contributed by atoms with van der Waals surface area (Å²) in [4.78, 5) is 13.4. The standard InChI is InChI=1S/C23H17BrClN3OS/c1-30-21-14-23(16-8-12-18(25)13-9-16)28(20-5-3-2-4-19(20)26-21)22(27-29-23)15-6-10-17(24)11-7-15/h2-13H,14H2,1H3. The predicted octanol–water partition coefficient (Wildman–Crippen LogP) is 6.95. The number of nitrogens with zero attached hydrogens (tertiary/aromatic N) is 3. The van der Waals surface area contributed by atoms with Crippen molar-refractivity contribution in [1.29, 1.82) is 0 Å². The summed E-state index contributed by atoms with van der Waals surface area (Å²) < 4.78 is 1.01. The molecule has 0 spiro atoms. The van der Waals surface area contributed by atoms with Gasteiger partial charge in [0.05, 0.1) is 22.8 Å². The van der Waals surface area contributed by atoms with E-state index in [4.69, 9.17) is 21.4 Å². The summed E-state index contributed by atoms with van der Waals surface area (Å²) in [6.07, 6.45) is 2.60. The molecule has 1 atom stereocenters. The van der Waals surface area contributed by atoms with Crippen LogP contribution >= 0.6 is 39.3 Å². The molecule has 2 aliphatic rings. The van der Waals surface area contributed by atoms with E-state index < -0.39 is 5.72 Å². The maximum absolute atomic E-state index is 6.30. The summed E-state index contributed by atoms with van der Waals surface area (Å²) >= 11 is 11.3. The molecule has 7 heteroatoms. The van der Waals surface area contributed by atoms with Gasteiger partial charge in [-0.3, -0.25) is 4.90 Å². The van der Waals surface area contributed by atoms with Crippen molar-refractivity contribution >= 4 is 61.5 Å². The van der Waals surface area contributed by atoms with Gasteiger partial charge in [0.1, 0.15) is 0 Å². The van der Waals surface area contributed by atoms with E-state index in [1.807, 2.05) is 73.0 Å². The summed E-state index contributed by atoms with van der Waals surface area (Å²) in [5.74, 6) is 0.752. The highest BCUT2D eigenvalue weighted by Gasteiger charge is 2.51. The van der Waals surface area contributed by atoms with Crippen molar-refractivity contribution in [2.24, 2.45) is 10.1 Å². The first kappa shape index (κ1) is 19.7. The Labute approximate surface area is 192 Å². The van der Waals surface area contributed by atoms with E-state index in [9.17, 15) is 0 Å². The van der Waals surface area contributed by atoms with Gasteiger partial charge in [-0.15, -0.1) is 11.8 Å². The maximum Gasteiger partial charge on any atom is 0.247 e. The van der Waals surface area contributed by atoms with Crippen molar-refractivity contribution in [2.45, 2.75) is 12.1 Å². The molecular formula is C23H17BrClN3OS. The third kappa shape index (κ3) is 3.23. The molecule has 4 nitrogen and oxygen atoms in total. The lowest BCUT2D eigenvalue weighted by molar-refractivity contribution is -0.0148. The summed E-state index contributed by atoms with van der Waals surface area (Å²) in [5.41, 5.74) is 2.95. The number of para-hydroxylation sites is 2. The van der Waals surface area contributed by atoms with Crippen molar-refractivity contribution in [3.05, 3.63) is 93.4 Å². The fourth-order valence-electron chi connectivity index (χ4n) is 3.81. The number of halogens is 2. The largest absolute Gasteiger partial charge is 0.359 e. The Morgan fingerprint density at radius 3 is 2.50 bits per heavy atom. The zero-order chi connectivity index (χ0) is 20.7. The number of benzene rings is 3. The molecule has 3 aromatic rings. The quantitative estimate of drug-likeness (QED) is 0.383. The van der Waals surface area contributed by atoms with Crippen LogP contribution in [0.25, 0.3) is 0 Å². The van der Waals surface area contributed by atoms with Crippen LogP contribution in [0, 0.1) is 0 Å². The third-order valence-electron chi connectivity index (χ3n) is 5.25. The Morgan fingerprint density at radius 1 is 1.03 bits per heavy atom. The second-order valence-electron chi connectivity index (χ2n) is 7.01. The zero-order valence-electron chi connectivity index (χ0n) is 16.0. The van der Waals surface area contributed by atoms with Gasteiger partial charge < -0.3 is 4.84 Å². The first-order valence-electron chi connectivity index (χ1n) is 9.40. The van der Waals surface area contributed by atoms with Gasteiger partial charge in [0.2, 0.25) is 5.72 Å². The number of anilines is 1. The minimum atomic E-state index is -0.846. The summed E-state index contributed by atoms with van der Waals surface area (Å²) in [6, 6.07) is 24.0. The molecule has 30 heavy (non-hydrogen) atoms. The second-order valence-corrected chi connectivity index (χ2v) is 9.25. The molecule has 2 heterocycles. The smallest absolute Gasteiger partial charge is 0.247 e. The topological polar surface area (TPSA) is 37.2 Å². The number of hydrogen-bond acceptors (Lipinski definition) is 5. The van der Waals surface area contributed by atoms with E-state index in [0.29, 0.717) is 11.4 Å². The molecule has 3 aromatic carbocycles. The lowest BCUT2D eigenvalue weighted by atomic mass is 9.96. The Kier molecular flexibility index (Phi) is 5.09. The Hall–Kier alpha value is -2.28. The molecule has 0 amide bonds. The van der Waals surface area contributed by atoms with Gasteiger partial charge in [-0.2, -0.15) is 0 Å². The van der Waals surface area contributed by atoms with Crippen molar-refractivity contribution in [3.8, 4) is 0 Å². The molecular weight excluding hydrogens is 482 g/mol. The lowest BCUT2D eigenvalue weighted by Crippen LogP contribution is -2.47. The minimum Gasteiger partial charge on any atom is -0.359 e. The van der Waals surface area contributed by atoms with Crippen LogP contribution in [0.2, 0.25) is 5.02 Å². The van der Waals surface area contributed by atoms with E-state index in [1.54, 1.807) is 11.8 Å². The second kappa shape index (κ2) is 7.76. The van der Waals surface area contributed by atoms with Gasteiger partial charge in [0, 0.05) is 20.6 Å². The van der Waals surface area contributed by atoms with Crippen LogP contribution < -0.4 is 4.90 Å². The first-order chi connectivity index (χ1) is 14.6. The van der Waals surface area contributed by atoms with E-state index in [-0.39, 0.29) is 0 Å². The number of rotatable bonds is 2. The summed E-state index contributed by atoms with van der Waals surface area (Å²) in [7, 11) is 0. The van der Waals surface area contributed by atoms with Crippen molar-refractivity contribution in [3.63, 3.8) is 0 Å². The predicted molar refractivity (Wildman–Crippen MR) is 129 cm³/mol. The van der Waals surface area contributed by atoms with Crippen LogP contribution in [0.5, 0.6) is 0 Å². The van der Waals surface area contributed by atoms with E-state index in [2.05, 4.69) is 32.1 Å². The molecule has 2 aliphatic heterocycles. The van der Waals surface area contributed by atoms with Gasteiger partial charge in [-0.05, 0) is 42.7 Å².